The first-order valence-electron chi connectivity index (χ1n) is 2.40. The predicted octanol–water partition coefficient (Wildman–Crippen LogP) is 0.0932. The summed E-state index contributed by atoms with van der Waals surface area (Å²) in [6, 6.07) is 0. The van der Waals surface area contributed by atoms with Crippen molar-refractivity contribution in [2.45, 2.75) is 0 Å². The molecule has 0 fully saturated rings. The fraction of sp³-hybridized carbons (Fsp3) is 0. The SMILES string of the molecule is N#[C][Fe-3]([C]#N)([C]#N)([C]#N)([C]#N)[C]#N.[Cu+2].[Mn+2]. The summed E-state index contributed by atoms with van der Waals surface area (Å²) in [6.45, 7) is 0. The fourth-order valence-corrected chi connectivity index (χ4v) is 1.09. The first-order valence-corrected chi connectivity index (χ1v) is 5.71. The van der Waals surface area contributed by atoms with E-state index in [4.69, 9.17) is 31.6 Å². The number of hydrogen-bond donors (Lipinski definition) is 0. The summed E-state index contributed by atoms with van der Waals surface area (Å²) in [5, 5.41) is 51.5. The second-order valence-corrected chi connectivity index (χ2v) is 7.42. The molecule has 0 amide bonds. The summed E-state index contributed by atoms with van der Waals surface area (Å²) in [4.78, 5) is 6.19. The van der Waals surface area contributed by atoms with E-state index in [0.29, 0.717) is 0 Å². The molecule has 0 heterocycles. The molecule has 0 unspecified atom stereocenters. The molecule has 2 radical (unpaired) electrons. The Kier molecular flexibility index (Phi) is 5.54. The number of nitriles is 6. The van der Waals surface area contributed by atoms with Crippen molar-refractivity contribution in [1.82, 2.24) is 0 Å². The summed E-state index contributed by atoms with van der Waals surface area (Å²) < 4.78 is 0. The molecule has 9 heteroatoms. The van der Waals surface area contributed by atoms with Crippen molar-refractivity contribution in [3.05, 3.63) is 0 Å². The topological polar surface area (TPSA) is 143 Å². The summed E-state index contributed by atoms with van der Waals surface area (Å²) in [6.07, 6.45) is 0. The maximum Gasteiger partial charge on any atom is 2.00 e. The van der Waals surface area contributed by atoms with Crippen LogP contribution in [0.1, 0.15) is 0 Å². The third kappa shape index (κ3) is 1.70. The Bertz CT molecular complexity index is 397. The minimum atomic E-state index is -6.17. The van der Waals surface area contributed by atoms with E-state index in [1.807, 2.05) is 0 Å². The van der Waals surface area contributed by atoms with Gasteiger partial charge in [-0.25, -0.2) is 0 Å². The van der Waals surface area contributed by atoms with E-state index in [1.165, 1.54) is 0 Å². The Morgan fingerprint density at radius 1 is 0.533 bits per heavy atom. The summed E-state index contributed by atoms with van der Waals surface area (Å²) in [5.41, 5.74) is 0. The van der Waals surface area contributed by atoms with Gasteiger partial charge in [-0.1, -0.05) is 0 Å². The van der Waals surface area contributed by atoms with Gasteiger partial charge in [-0.2, -0.15) is 0 Å². The van der Waals surface area contributed by atoms with Crippen LogP contribution in [-0.2, 0) is 44.9 Å². The van der Waals surface area contributed by atoms with E-state index >= 15 is 0 Å². The first kappa shape index (κ1) is 19.1. The molecule has 0 N–H and O–H groups in total. The van der Waals surface area contributed by atoms with Crippen molar-refractivity contribution in [1.29, 1.82) is 31.6 Å². The van der Waals surface area contributed by atoms with Crippen molar-refractivity contribution in [3.8, 4) is 29.8 Å². The van der Waals surface area contributed by atoms with Gasteiger partial charge in [0.1, 0.15) is 0 Å². The molecular weight excluding hydrogens is 330 g/mol. The molecule has 0 spiro atoms. The molecule has 15 heavy (non-hydrogen) atoms. The Morgan fingerprint density at radius 2 is 0.667 bits per heavy atom. The first-order chi connectivity index (χ1) is 5.97. The molecule has 0 saturated heterocycles. The molecule has 79 valence electrons. The van der Waals surface area contributed by atoms with Crippen LogP contribution < -0.4 is 0 Å². The zero-order chi connectivity index (χ0) is 10.7. The van der Waals surface area contributed by atoms with Gasteiger partial charge in [-0.3, -0.25) is 0 Å². The van der Waals surface area contributed by atoms with E-state index < -0.39 is 10.7 Å². The molecule has 0 atom stereocenters. The van der Waals surface area contributed by atoms with Gasteiger partial charge < -0.3 is 0 Å². The maximum atomic E-state index is 8.58. The van der Waals surface area contributed by atoms with Gasteiger partial charge in [-0.05, 0) is 0 Å². The van der Waals surface area contributed by atoms with E-state index in [1.54, 1.807) is 0 Å². The van der Waals surface area contributed by atoms with Crippen molar-refractivity contribution in [3.63, 3.8) is 0 Å². The second kappa shape index (κ2) is 4.35. The zero-order valence-electron chi connectivity index (χ0n) is 6.72. The van der Waals surface area contributed by atoms with Crippen molar-refractivity contribution in [2.24, 2.45) is 0 Å². The van der Waals surface area contributed by atoms with E-state index in [0.717, 1.165) is 29.8 Å². The molecule has 0 aliphatic heterocycles. The Balaban J connectivity index is -0.000000720. The number of hydrogen-bond acceptors (Lipinski definition) is 6. The van der Waals surface area contributed by atoms with Crippen molar-refractivity contribution >= 4 is 0 Å². The van der Waals surface area contributed by atoms with Crippen LogP contribution in [0.5, 0.6) is 0 Å². The Morgan fingerprint density at radius 3 is 0.667 bits per heavy atom. The van der Waals surface area contributed by atoms with Gasteiger partial charge in [0.2, 0.25) is 0 Å². The molecule has 0 aliphatic carbocycles. The van der Waals surface area contributed by atoms with Crippen LogP contribution in [0.25, 0.3) is 0 Å². The zero-order valence-corrected chi connectivity index (χ0v) is 9.94. The number of nitrogens with zero attached hydrogens (tertiary/aromatic N) is 6. The fourth-order valence-electron chi connectivity index (χ4n) is 0.265. The average molecular weight is 330 g/mol. The Labute approximate surface area is 106 Å². The third-order valence-electron chi connectivity index (χ3n) is 1.19. The standard InChI is InChI=1S/6CN.Cu.Fe.Mn/c6*1-2;;;/q;;;;;;+2;-3;+2. The van der Waals surface area contributed by atoms with Crippen molar-refractivity contribution in [2.75, 3.05) is 0 Å². The van der Waals surface area contributed by atoms with Crippen LogP contribution in [0.2, 0.25) is 0 Å². The van der Waals surface area contributed by atoms with E-state index in [2.05, 4.69) is 0 Å². The predicted molar refractivity (Wildman–Crippen MR) is 33.7 cm³/mol. The summed E-state index contributed by atoms with van der Waals surface area (Å²) in [7, 11) is -6.17. The smallest absolute Gasteiger partial charge is 2.00 e. The average Bonchev–Trinajstić information content (AvgIpc) is 2.26. The minimum absolute atomic E-state index is 0. The third-order valence-corrected chi connectivity index (χ3v) is 4.89. The molecule has 0 aromatic rings. The quantitative estimate of drug-likeness (QED) is 0.576. The Hall–Kier alpha value is -1.50. The molecule has 0 bridgehead atoms. The van der Waals surface area contributed by atoms with Gasteiger partial charge in [0.05, 0.1) is 0 Å². The molecular formula is C6CuFeMnN6+. The molecule has 0 aromatic heterocycles. The van der Waals surface area contributed by atoms with Crippen LogP contribution in [0.15, 0.2) is 0 Å². The maximum absolute atomic E-state index is 8.58. The second-order valence-electron chi connectivity index (χ2n) is 1.80. The van der Waals surface area contributed by atoms with Crippen LogP contribution >= 0.6 is 0 Å². The van der Waals surface area contributed by atoms with Crippen LogP contribution in [-0.4, -0.2) is 0 Å². The largest absolute Gasteiger partial charge is 2.00 e. The van der Waals surface area contributed by atoms with Crippen LogP contribution in [0.3, 0.4) is 0 Å². The molecule has 0 rings (SSSR count). The van der Waals surface area contributed by atoms with Crippen LogP contribution in [0.4, 0.5) is 0 Å². The van der Waals surface area contributed by atoms with Gasteiger partial charge in [-0.15, -0.1) is 0 Å². The minimum Gasteiger partial charge on any atom is 2.00 e. The molecule has 0 aromatic carbocycles. The number of rotatable bonds is 0. The monoisotopic (exact) mass is 330 g/mol. The van der Waals surface area contributed by atoms with Gasteiger partial charge in [0.25, 0.3) is 0 Å². The summed E-state index contributed by atoms with van der Waals surface area (Å²) in [5.74, 6) is 0. The van der Waals surface area contributed by atoms with Crippen molar-refractivity contribution < 1.29 is 44.9 Å². The van der Waals surface area contributed by atoms with Crippen LogP contribution in [0, 0.1) is 61.4 Å². The summed E-state index contributed by atoms with van der Waals surface area (Å²) >= 11 is 0. The molecule has 0 aliphatic rings. The van der Waals surface area contributed by atoms with Gasteiger partial charge >= 0.3 is 106 Å². The molecule has 6 nitrogen and oxygen atoms in total. The van der Waals surface area contributed by atoms with E-state index in [-0.39, 0.29) is 34.1 Å². The van der Waals surface area contributed by atoms with Gasteiger partial charge in [0, 0.05) is 0 Å². The molecule has 0 saturated carbocycles. The normalized spacial score (nSPS) is 11.6. The van der Waals surface area contributed by atoms with Gasteiger partial charge in [0.15, 0.2) is 0 Å². The van der Waals surface area contributed by atoms with E-state index in [9.17, 15) is 0 Å².